The number of rotatable bonds is 10. The van der Waals surface area contributed by atoms with Crippen LogP contribution in [-0.2, 0) is 4.74 Å². The van der Waals surface area contributed by atoms with E-state index in [1.165, 1.54) is 5.56 Å². The topological polar surface area (TPSA) is 24.5 Å². The van der Waals surface area contributed by atoms with E-state index in [9.17, 15) is 0 Å². The summed E-state index contributed by atoms with van der Waals surface area (Å²) in [5.74, 6) is 0. The minimum absolute atomic E-state index is 0.151. The molecule has 0 saturated carbocycles. The fraction of sp³-hybridized carbons (Fsp3) is 0.667. The normalized spacial score (nSPS) is 13.6. The predicted molar refractivity (Wildman–Crippen MR) is 90.6 cm³/mol. The third-order valence-corrected chi connectivity index (χ3v) is 4.04. The summed E-state index contributed by atoms with van der Waals surface area (Å²) >= 11 is 0. The zero-order chi connectivity index (χ0) is 15.7. The van der Waals surface area contributed by atoms with Crippen molar-refractivity contribution >= 4 is 0 Å². The lowest BCUT2D eigenvalue weighted by molar-refractivity contribution is 0.0867. The summed E-state index contributed by atoms with van der Waals surface area (Å²) in [6.45, 7) is 13.7. The van der Waals surface area contributed by atoms with Crippen molar-refractivity contribution in [2.24, 2.45) is 5.41 Å². The Balaban J connectivity index is 2.72. The van der Waals surface area contributed by atoms with Gasteiger partial charge in [-0.05, 0) is 31.5 Å². The summed E-state index contributed by atoms with van der Waals surface area (Å²) in [7, 11) is 2.05. The summed E-state index contributed by atoms with van der Waals surface area (Å²) in [4.78, 5) is 2.48. The summed E-state index contributed by atoms with van der Waals surface area (Å²) < 4.78 is 5.49. The second-order valence-electron chi connectivity index (χ2n) is 6.19. The first-order valence-electron chi connectivity index (χ1n) is 8.07. The molecule has 0 amide bonds. The SMILES string of the molecule is CCOCCN(CC)CC(C)(C)C(NC)c1ccccc1. The second-order valence-corrected chi connectivity index (χ2v) is 6.19. The molecule has 1 atom stereocenters. The molecule has 0 spiro atoms. The van der Waals surface area contributed by atoms with Crippen LogP contribution in [0.15, 0.2) is 30.3 Å². The third-order valence-electron chi connectivity index (χ3n) is 4.04. The Morgan fingerprint density at radius 3 is 2.38 bits per heavy atom. The minimum atomic E-state index is 0.151. The van der Waals surface area contributed by atoms with Crippen LogP contribution in [0, 0.1) is 5.41 Å². The molecule has 3 heteroatoms. The summed E-state index contributed by atoms with van der Waals surface area (Å²) in [6, 6.07) is 11.1. The Labute approximate surface area is 130 Å². The van der Waals surface area contributed by atoms with Crippen LogP contribution in [0.4, 0.5) is 0 Å². The number of hydrogen-bond acceptors (Lipinski definition) is 3. The molecular formula is C18H32N2O. The lowest BCUT2D eigenvalue weighted by Gasteiger charge is -2.38. The molecule has 3 nitrogen and oxygen atoms in total. The van der Waals surface area contributed by atoms with Crippen molar-refractivity contribution in [2.75, 3.05) is 39.9 Å². The molecule has 0 saturated heterocycles. The smallest absolute Gasteiger partial charge is 0.0593 e. The highest BCUT2D eigenvalue weighted by atomic mass is 16.5. The van der Waals surface area contributed by atoms with E-state index in [4.69, 9.17) is 4.74 Å². The Kier molecular flexibility index (Phi) is 7.94. The van der Waals surface area contributed by atoms with E-state index in [-0.39, 0.29) is 5.41 Å². The largest absolute Gasteiger partial charge is 0.380 e. The lowest BCUT2D eigenvalue weighted by atomic mass is 9.80. The van der Waals surface area contributed by atoms with Crippen molar-refractivity contribution in [1.82, 2.24) is 10.2 Å². The van der Waals surface area contributed by atoms with Gasteiger partial charge in [-0.3, -0.25) is 0 Å². The van der Waals surface area contributed by atoms with Gasteiger partial charge in [0.25, 0.3) is 0 Å². The van der Waals surface area contributed by atoms with E-state index in [1.807, 2.05) is 6.92 Å². The number of nitrogens with one attached hydrogen (secondary N) is 1. The molecule has 0 fully saturated rings. The van der Waals surface area contributed by atoms with Crippen LogP contribution in [-0.4, -0.2) is 44.8 Å². The molecule has 1 aromatic rings. The van der Waals surface area contributed by atoms with Gasteiger partial charge in [-0.25, -0.2) is 0 Å². The zero-order valence-corrected chi connectivity index (χ0v) is 14.4. The highest BCUT2D eigenvalue weighted by molar-refractivity contribution is 5.21. The number of likely N-dealkylation sites (N-methyl/N-ethyl adjacent to an activating group) is 1. The monoisotopic (exact) mass is 292 g/mol. The van der Waals surface area contributed by atoms with Crippen LogP contribution in [0.1, 0.15) is 39.3 Å². The van der Waals surface area contributed by atoms with Gasteiger partial charge in [0.05, 0.1) is 6.61 Å². The fourth-order valence-corrected chi connectivity index (χ4v) is 3.01. The van der Waals surface area contributed by atoms with E-state index in [0.717, 1.165) is 32.8 Å². The first-order valence-corrected chi connectivity index (χ1v) is 8.07. The van der Waals surface area contributed by atoms with Crippen molar-refractivity contribution in [3.8, 4) is 0 Å². The predicted octanol–water partition coefficient (Wildman–Crippen LogP) is 3.33. The molecule has 1 N–H and O–H groups in total. The van der Waals surface area contributed by atoms with E-state index in [2.05, 4.69) is 68.4 Å². The van der Waals surface area contributed by atoms with Crippen LogP contribution in [0.5, 0.6) is 0 Å². The highest BCUT2D eigenvalue weighted by Crippen LogP contribution is 2.33. The molecule has 0 radical (unpaired) electrons. The van der Waals surface area contributed by atoms with Gasteiger partial charge in [0.2, 0.25) is 0 Å². The maximum absolute atomic E-state index is 5.49. The van der Waals surface area contributed by atoms with Gasteiger partial charge < -0.3 is 15.0 Å². The molecule has 0 heterocycles. The molecule has 120 valence electrons. The Hall–Kier alpha value is -0.900. The quantitative estimate of drug-likeness (QED) is 0.669. The molecule has 1 unspecified atom stereocenters. The van der Waals surface area contributed by atoms with E-state index < -0.39 is 0 Å². The average molecular weight is 292 g/mol. The maximum atomic E-state index is 5.49. The Bertz CT molecular complexity index is 378. The van der Waals surface area contributed by atoms with Crippen molar-refractivity contribution in [3.63, 3.8) is 0 Å². The third kappa shape index (κ3) is 5.77. The van der Waals surface area contributed by atoms with Crippen LogP contribution in [0.2, 0.25) is 0 Å². The molecular weight excluding hydrogens is 260 g/mol. The fourth-order valence-electron chi connectivity index (χ4n) is 3.01. The van der Waals surface area contributed by atoms with Crippen LogP contribution in [0.25, 0.3) is 0 Å². The number of ether oxygens (including phenoxy) is 1. The molecule has 0 aliphatic carbocycles. The standard InChI is InChI=1S/C18H32N2O/c1-6-20(13-14-21-7-2)15-18(3,4)17(19-5)16-11-9-8-10-12-16/h8-12,17,19H,6-7,13-15H2,1-5H3. The van der Waals surface area contributed by atoms with Crippen LogP contribution in [0.3, 0.4) is 0 Å². The molecule has 0 aromatic heterocycles. The van der Waals surface area contributed by atoms with E-state index in [1.54, 1.807) is 0 Å². The summed E-state index contributed by atoms with van der Waals surface area (Å²) in [5.41, 5.74) is 1.50. The Morgan fingerprint density at radius 1 is 1.19 bits per heavy atom. The Morgan fingerprint density at radius 2 is 1.86 bits per heavy atom. The summed E-state index contributed by atoms with van der Waals surface area (Å²) in [5, 5.41) is 3.50. The molecule has 21 heavy (non-hydrogen) atoms. The second kappa shape index (κ2) is 9.19. The van der Waals surface area contributed by atoms with Gasteiger partial charge in [-0.1, -0.05) is 51.1 Å². The molecule has 0 aliphatic rings. The van der Waals surface area contributed by atoms with E-state index in [0.29, 0.717) is 6.04 Å². The van der Waals surface area contributed by atoms with Crippen molar-refractivity contribution in [2.45, 2.75) is 33.7 Å². The van der Waals surface area contributed by atoms with Gasteiger partial charge in [0.1, 0.15) is 0 Å². The maximum Gasteiger partial charge on any atom is 0.0593 e. The van der Waals surface area contributed by atoms with Gasteiger partial charge in [0, 0.05) is 25.7 Å². The number of hydrogen-bond donors (Lipinski definition) is 1. The van der Waals surface area contributed by atoms with Crippen molar-refractivity contribution in [3.05, 3.63) is 35.9 Å². The number of benzene rings is 1. The van der Waals surface area contributed by atoms with Gasteiger partial charge in [-0.15, -0.1) is 0 Å². The van der Waals surface area contributed by atoms with E-state index >= 15 is 0 Å². The average Bonchev–Trinajstić information content (AvgIpc) is 2.47. The minimum Gasteiger partial charge on any atom is -0.380 e. The van der Waals surface area contributed by atoms with Gasteiger partial charge in [-0.2, -0.15) is 0 Å². The lowest BCUT2D eigenvalue weighted by Crippen LogP contribution is -2.43. The van der Waals surface area contributed by atoms with Crippen molar-refractivity contribution in [1.29, 1.82) is 0 Å². The van der Waals surface area contributed by atoms with Crippen LogP contribution < -0.4 is 5.32 Å². The highest BCUT2D eigenvalue weighted by Gasteiger charge is 2.31. The first kappa shape index (κ1) is 18.1. The summed E-state index contributed by atoms with van der Waals surface area (Å²) in [6.07, 6.45) is 0. The molecule has 1 aromatic carbocycles. The first-order chi connectivity index (χ1) is 10.0. The zero-order valence-electron chi connectivity index (χ0n) is 14.4. The van der Waals surface area contributed by atoms with Gasteiger partial charge >= 0.3 is 0 Å². The van der Waals surface area contributed by atoms with Gasteiger partial charge in [0.15, 0.2) is 0 Å². The molecule has 0 bridgehead atoms. The van der Waals surface area contributed by atoms with Crippen LogP contribution >= 0.6 is 0 Å². The molecule has 0 aliphatic heterocycles. The molecule has 1 rings (SSSR count). The number of nitrogens with zero attached hydrogens (tertiary/aromatic N) is 1. The van der Waals surface area contributed by atoms with Crippen molar-refractivity contribution < 1.29 is 4.74 Å².